The van der Waals surface area contributed by atoms with E-state index in [0.717, 1.165) is 42.6 Å². The summed E-state index contributed by atoms with van der Waals surface area (Å²) < 4.78 is 3.38. The molecule has 6 heteroatoms. The number of aryl methyl sites for hydroxylation is 1. The highest BCUT2D eigenvalue weighted by atomic mass is 35.5. The molecule has 0 saturated heterocycles. The first kappa shape index (κ1) is 17.0. The average Bonchev–Trinajstić information content (AvgIpc) is 3.06. The molecule has 5 nitrogen and oxygen atoms in total. The van der Waals surface area contributed by atoms with Gasteiger partial charge in [-0.05, 0) is 25.8 Å². The van der Waals surface area contributed by atoms with Crippen LogP contribution in [0.5, 0.6) is 0 Å². The second kappa shape index (κ2) is 7.08. The molecular formula is C20H21ClN4O. The zero-order chi connectivity index (χ0) is 18.1. The molecule has 0 aliphatic heterocycles. The number of benzene rings is 1. The van der Waals surface area contributed by atoms with Crippen molar-refractivity contribution in [1.29, 1.82) is 0 Å². The minimum atomic E-state index is -0.137. The molecule has 134 valence electrons. The number of aromatic nitrogens is 4. The van der Waals surface area contributed by atoms with Crippen LogP contribution in [0.25, 0.3) is 17.1 Å². The van der Waals surface area contributed by atoms with E-state index in [4.69, 9.17) is 11.6 Å². The molecule has 26 heavy (non-hydrogen) atoms. The van der Waals surface area contributed by atoms with Crippen LogP contribution in [-0.2, 0) is 0 Å². The van der Waals surface area contributed by atoms with Gasteiger partial charge in [0.25, 0.3) is 5.56 Å². The molecule has 1 aliphatic rings. The van der Waals surface area contributed by atoms with Crippen LogP contribution in [0.4, 0.5) is 0 Å². The third-order valence-electron chi connectivity index (χ3n) is 4.95. The fourth-order valence-corrected chi connectivity index (χ4v) is 3.90. The Labute approximate surface area is 157 Å². The van der Waals surface area contributed by atoms with Crippen molar-refractivity contribution in [2.45, 2.75) is 45.1 Å². The lowest BCUT2D eigenvalue weighted by Crippen LogP contribution is -2.30. The summed E-state index contributed by atoms with van der Waals surface area (Å²) in [5.74, 6) is 0.259. The van der Waals surface area contributed by atoms with Crippen LogP contribution >= 0.6 is 11.6 Å². The third-order valence-corrected chi connectivity index (χ3v) is 5.14. The van der Waals surface area contributed by atoms with E-state index in [9.17, 15) is 4.79 Å². The van der Waals surface area contributed by atoms with Gasteiger partial charge in [0.2, 0.25) is 5.82 Å². The Morgan fingerprint density at radius 1 is 1.12 bits per heavy atom. The number of halogens is 1. The number of hydrogen-bond acceptors (Lipinski definition) is 3. The predicted molar refractivity (Wildman–Crippen MR) is 103 cm³/mol. The van der Waals surface area contributed by atoms with Gasteiger partial charge in [0.1, 0.15) is 5.15 Å². The van der Waals surface area contributed by atoms with E-state index in [2.05, 4.69) is 10.1 Å². The van der Waals surface area contributed by atoms with Crippen molar-refractivity contribution in [3.63, 3.8) is 0 Å². The van der Waals surface area contributed by atoms with Crippen molar-refractivity contribution in [2.24, 2.45) is 0 Å². The van der Waals surface area contributed by atoms with Gasteiger partial charge in [-0.1, -0.05) is 61.2 Å². The molecule has 1 fully saturated rings. The number of rotatable bonds is 3. The van der Waals surface area contributed by atoms with Crippen molar-refractivity contribution in [3.8, 4) is 17.1 Å². The SMILES string of the molecule is Cc1cc(-c2ccccc2)n(-c2nc(Cl)cn(C3CCCCC3)c2=O)n1. The predicted octanol–water partition coefficient (Wildman–Crippen LogP) is 4.56. The van der Waals surface area contributed by atoms with Crippen LogP contribution < -0.4 is 5.56 Å². The molecule has 3 aromatic rings. The Hall–Kier alpha value is -2.40. The molecule has 2 aromatic heterocycles. The number of nitrogens with zero attached hydrogens (tertiary/aromatic N) is 4. The third kappa shape index (κ3) is 3.19. The molecule has 0 bridgehead atoms. The first-order valence-electron chi connectivity index (χ1n) is 9.04. The Kier molecular flexibility index (Phi) is 4.64. The summed E-state index contributed by atoms with van der Waals surface area (Å²) in [5.41, 5.74) is 2.51. The van der Waals surface area contributed by atoms with Crippen LogP contribution in [0.1, 0.15) is 43.8 Å². The molecule has 4 rings (SSSR count). The smallest absolute Gasteiger partial charge is 0.296 e. The van der Waals surface area contributed by atoms with Gasteiger partial charge in [-0.25, -0.2) is 9.67 Å². The fraction of sp³-hybridized carbons (Fsp3) is 0.350. The lowest BCUT2D eigenvalue weighted by Gasteiger charge is -2.24. The van der Waals surface area contributed by atoms with Crippen molar-refractivity contribution in [2.75, 3.05) is 0 Å². The monoisotopic (exact) mass is 368 g/mol. The molecule has 0 N–H and O–H groups in total. The summed E-state index contributed by atoms with van der Waals surface area (Å²) in [5, 5.41) is 4.84. The Bertz CT molecular complexity index is 971. The fourth-order valence-electron chi connectivity index (χ4n) is 3.71. The minimum absolute atomic E-state index is 0.137. The molecule has 2 heterocycles. The quantitative estimate of drug-likeness (QED) is 0.680. The van der Waals surface area contributed by atoms with Gasteiger partial charge in [-0.15, -0.1) is 0 Å². The van der Waals surface area contributed by atoms with Crippen LogP contribution in [0.2, 0.25) is 5.15 Å². The molecule has 1 aliphatic carbocycles. The summed E-state index contributed by atoms with van der Waals surface area (Å²) in [6.45, 7) is 1.91. The standard InChI is InChI=1S/C20H21ClN4O/c1-14-12-17(15-8-4-2-5-9-15)25(23-14)19-20(26)24(13-18(21)22-19)16-10-6-3-7-11-16/h2,4-5,8-9,12-13,16H,3,6-7,10-11H2,1H3. The second-order valence-corrected chi connectivity index (χ2v) is 7.23. The highest BCUT2D eigenvalue weighted by Gasteiger charge is 2.21. The van der Waals surface area contributed by atoms with Gasteiger partial charge in [0.05, 0.1) is 11.4 Å². The number of hydrogen-bond donors (Lipinski definition) is 0. The van der Waals surface area contributed by atoms with Crippen LogP contribution in [-0.4, -0.2) is 19.3 Å². The first-order valence-corrected chi connectivity index (χ1v) is 9.42. The average molecular weight is 369 g/mol. The van der Waals surface area contributed by atoms with Crippen molar-refractivity contribution in [1.82, 2.24) is 19.3 Å². The summed E-state index contributed by atoms with van der Waals surface area (Å²) in [6.07, 6.45) is 7.19. The van der Waals surface area contributed by atoms with Crippen molar-refractivity contribution < 1.29 is 0 Å². The van der Waals surface area contributed by atoms with Gasteiger partial charge < -0.3 is 4.57 Å². The van der Waals surface area contributed by atoms with Gasteiger partial charge in [-0.3, -0.25) is 4.79 Å². The summed E-state index contributed by atoms with van der Waals surface area (Å²) >= 11 is 6.28. The maximum absolute atomic E-state index is 13.2. The van der Waals surface area contributed by atoms with Crippen LogP contribution in [0.3, 0.4) is 0 Å². The van der Waals surface area contributed by atoms with Gasteiger partial charge in [0.15, 0.2) is 0 Å². The molecule has 0 spiro atoms. The molecule has 0 radical (unpaired) electrons. The first-order chi connectivity index (χ1) is 12.6. The Balaban J connectivity index is 1.87. The van der Waals surface area contributed by atoms with E-state index in [1.807, 2.05) is 43.3 Å². The van der Waals surface area contributed by atoms with Crippen molar-refractivity contribution in [3.05, 3.63) is 63.8 Å². The zero-order valence-electron chi connectivity index (χ0n) is 14.7. The van der Waals surface area contributed by atoms with Gasteiger partial charge in [-0.2, -0.15) is 5.10 Å². The van der Waals surface area contributed by atoms with Gasteiger partial charge in [0, 0.05) is 17.8 Å². The van der Waals surface area contributed by atoms with E-state index in [0.29, 0.717) is 5.15 Å². The Morgan fingerprint density at radius 3 is 2.58 bits per heavy atom. The van der Waals surface area contributed by atoms with Crippen molar-refractivity contribution >= 4 is 11.6 Å². The zero-order valence-corrected chi connectivity index (χ0v) is 15.5. The minimum Gasteiger partial charge on any atom is -0.306 e. The maximum Gasteiger partial charge on any atom is 0.296 e. The summed E-state index contributed by atoms with van der Waals surface area (Å²) in [7, 11) is 0. The van der Waals surface area contributed by atoms with Crippen LogP contribution in [0.15, 0.2) is 47.4 Å². The summed E-state index contributed by atoms with van der Waals surface area (Å²) in [6, 6.07) is 12.0. The van der Waals surface area contributed by atoms with Gasteiger partial charge >= 0.3 is 0 Å². The van der Waals surface area contributed by atoms with E-state index in [-0.39, 0.29) is 17.4 Å². The normalized spacial score (nSPS) is 15.3. The molecule has 1 aromatic carbocycles. The summed E-state index contributed by atoms with van der Waals surface area (Å²) in [4.78, 5) is 17.5. The highest BCUT2D eigenvalue weighted by Crippen LogP contribution is 2.28. The van der Waals surface area contributed by atoms with E-state index >= 15 is 0 Å². The molecule has 0 amide bonds. The maximum atomic E-state index is 13.2. The molecule has 0 unspecified atom stereocenters. The Morgan fingerprint density at radius 2 is 1.85 bits per heavy atom. The largest absolute Gasteiger partial charge is 0.306 e. The lowest BCUT2D eigenvalue weighted by molar-refractivity contribution is 0.344. The second-order valence-electron chi connectivity index (χ2n) is 6.84. The molecule has 1 saturated carbocycles. The lowest BCUT2D eigenvalue weighted by atomic mass is 9.95. The topological polar surface area (TPSA) is 52.7 Å². The van der Waals surface area contributed by atoms with E-state index in [1.54, 1.807) is 15.4 Å². The van der Waals surface area contributed by atoms with Crippen LogP contribution in [0, 0.1) is 6.92 Å². The highest BCUT2D eigenvalue weighted by molar-refractivity contribution is 6.29. The molecule has 0 atom stereocenters. The van der Waals surface area contributed by atoms with E-state index < -0.39 is 0 Å². The van der Waals surface area contributed by atoms with E-state index in [1.165, 1.54) is 6.42 Å². The molecular weight excluding hydrogens is 348 g/mol.